The zero-order chi connectivity index (χ0) is 27.2. The number of aliphatic imine (C=N–C) groups is 1. The first-order valence-electron chi connectivity index (χ1n) is 12.4. The van der Waals surface area contributed by atoms with Crippen LogP contribution in [0.2, 0.25) is 0 Å². The first kappa shape index (κ1) is 27.4. The lowest BCUT2D eigenvalue weighted by Crippen LogP contribution is -2.55. The molecular formula is C25H32N6O6S. The molecule has 6 N–H and O–H groups in total. The number of nitrogens with zero attached hydrogens (tertiary/aromatic N) is 2. The number of rotatable bonds is 10. The molecule has 0 aliphatic carbocycles. The lowest BCUT2D eigenvalue weighted by atomic mass is 10.1. The second-order valence-corrected chi connectivity index (χ2v) is 10.9. The van der Waals surface area contributed by atoms with E-state index in [0.29, 0.717) is 24.6 Å². The van der Waals surface area contributed by atoms with Gasteiger partial charge >= 0.3 is 5.97 Å². The van der Waals surface area contributed by atoms with Gasteiger partial charge in [-0.1, -0.05) is 24.3 Å². The van der Waals surface area contributed by atoms with Gasteiger partial charge in [-0.3, -0.25) is 14.6 Å². The molecule has 0 saturated carbocycles. The minimum Gasteiger partial charge on any atom is -0.480 e. The number of benzene rings is 2. The van der Waals surface area contributed by atoms with Gasteiger partial charge in [0.2, 0.25) is 10.0 Å². The minimum absolute atomic E-state index is 0.0794. The van der Waals surface area contributed by atoms with Gasteiger partial charge in [-0.15, -0.1) is 0 Å². The molecule has 1 amide bonds. The summed E-state index contributed by atoms with van der Waals surface area (Å²) in [4.78, 5) is 30.7. The Labute approximate surface area is 221 Å². The molecule has 13 heteroatoms. The van der Waals surface area contributed by atoms with Crippen LogP contribution in [0.3, 0.4) is 0 Å². The summed E-state index contributed by atoms with van der Waals surface area (Å²) in [5.74, 6) is -1.34. The number of carbonyl (C=O) groups is 2. The molecule has 2 atom stereocenters. The van der Waals surface area contributed by atoms with Crippen LogP contribution in [0.5, 0.6) is 0 Å². The second-order valence-electron chi connectivity index (χ2n) is 9.19. The summed E-state index contributed by atoms with van der Waals surface area (Å²) >= 11 is 0. The van der Waals surface area contributed by atoms with Gasteiger partial charge in [0, 0.05) is 37.4 Å². The lowest BCUT2D eigenvalue weighted by Gasteiger charge is -2.36. The number of guanidine groups is 1. The van der Waals surface area contributed by atoms with Crippen molar-refractivity contribution in [3.63, 3.8) is 0 Å². The standard InChI is InChI=1S/C25H32N6O6S/c32-22(28-16-21(23(33)34)30-38(36,37)20-9-2-1-3-10-20)18-7-4-8-19(15-18)31-14-5-11-25(31,35)17-29-24-26-12-6-13-27-24/h1-4,7-10,15,21,30,35H,5-6,11-14,16-17H2,(H,28,32)(H,33,34)(H2,26,27,29)/t21-,25-/m0/s1. The number of aliphatic carboxylic acids is 1. The molecule has 2 aromatic rings. The summed E-state index contributed by atoms with van der Waals surface area (Å²) in [6, 6.07) is 12.5. The van der Waals surface area contributed by atoms with Gasteiger partial charge in [0.25, 0.3) is 5.91 Å². The third kappa shape index (κ3) is 6.60. The number of carboxylic acid groups (broad SMARTS) is 1. The van der Waals surface area contributed by atoms with Crippen molar-refractivity contribution in [2.75, 3.05) is 37.6 Å². The molecule has 2 heterocycles. The molecule has 4 rings (SSSR count). The number of aliphatic hydroxyl groups is 1. The molecule has 2 aliphatic rings. The monoisotopic (exact) mass is 544 g/mol. The van der Waals surface area contributed by atoms with E-state index < -0.39 is 40.2 Å². The molecule has 0 radical (unpaired) electrons. The SMILES string of the molecule is O=C(NC[C@H](NS(=O)(=O)c1ccccc1)C(=O)O)c1cccc(N2CCC[C@]2(O)CNC2=NCCCN2)c1. The number of sulfonamides is 1. The van der Waals surface area contributed by atoms with E-state index in [1.807, 2.05) is 4.90 Å². The normalized spacial score (nSPS) is 20.2. The van der Waals surface area contributed by atoms with Crippen LogP contribution in [0.15, 0.2) is 64.5 Å². The maximum absolute atomic E-state index is 12.9. The highest BCUT2D eigenvalue weighted by atomic mass is 32.2. The Kier molecular flexibility index (Phi) is 8.49. The average Bonchev–Trinajstić information content (AvgIpc) is 3.32. The largest absolute Gasteiger partial charge is 0.480 e. The van der Waals surface area contributed by atoms with Gasteiger partial charge in [-0.2, -0.15) is 4.72 Å². The van der Waals surface area contributed by atoms with E-state index in [1.54, 1.807) is 30.3 Å². The van der Waals surface area contributed by atoms with Gasteiger partial charge in [0.1, 0.15) is 6.04 Å². The summed E-state index contributed by atoms with van der Waals surface area (Å²) in [6.07, 6.45) is 2.25. The van der Waals surface area contributed by atoms with E-state index >= 15 is 0 Å². The first-order chi connectivity index (χ1) is 18.2. The smallest absolute Gasteiger partial charge is 0.323 e. The Morgan fingerprint density at radius 2 is 1.92 bits per heavy atom. The maximum atomic E-state index is 12.9. The number of carbonyl (C=O) groups excluding carboxylic acids is 1. The molecule has 1 fully saturated rings. The minimum atomic E-state index is -4.10. The maximum Gasteiger partial charge on any atom is 0.323 e. The zero-order valence-corrected chi connectivity index (χ0v) is 21.6. The fourth-order valence-electron chi connectivity index (χ4n) is 4.44. The van der Waals surface area contributed by atoms with Crippen LogP contribution in [0, 0.1) is 0 Å². The van der Waals surface area contributed by atoms with Gasteiger partial charge in [-0.25, -0.2) is 8.42 Å². The van der Waals surface area contributed by atoms with Crippen molar-refractivity contribution in [3.8, 4) is 0 Å². The molecule has 0 aromatic heterocycles. The van der Waals surface area contributed by atoms with Crippen molar-refractivity contribution in [2.45, 2.75) is 35.9 Å². The van der Waals surface area contributed by atoms with Gasteiger partial charge < -0.3 is 31.1 Å². The number of amides is 1. The van der Waals surface area contributed by atoms with Crippen LogP contribution in [-0.2, 0) is 14.8 Å². The van der Waals surface area contributed by atoms with Crippen molar-refractivity contribution in [1.29, 1.82) is 0 Å². The molecule has 38 heavy (non-hydrogen) atoms. The Hall–Kier alpha value is -3.68. The summed E-state index contributed by atoms with van der Waals surface area (Å²) in [5, 5.41) is 29.7. The Morgan fingerprint density at radius 3 is 2.63 bits per heavy atom. The molecule has 2 aromatic carbocycles. The number of nitrogens with one attached hydrogen (secondary N) is 4. The van der Waals surface area contributed by atoms with Crippen LogP contribution >= 0.6 is 0 Å². The fraction of sp³-hybridized carbons (Fsp3) is 0.400. The molecule has 204 valence electrons. The first-order valence-corrected chi connectivity index (χ1v) is 13.9. The van der Waals surface area contributed by atoms with Crippen molar-refractivity contribution >= 4 is 33.5 Å². The van der Waals surface area contributed by atoms with Crippen LogP contribution in [0.1, 0.15) is 29.6 Å². The Morgan fingerprint density at radius 1 is 1.13 bits per heavy atom. The van der Waals surface area contributed by atoms with Crippen LogP contribution < -0.4 is 25.6 Å². The molecule has 2 aliphatic heterocycles. The second kappa shape index (κ2) is 11.8. The van der Waals surface area contributed by atoms with Gasteiger partial charge in [0.15, 0.2) is 11.7 Å². The molecule has 1 saturated heterocycles. The molecule has 0 bridgehead atoms. The molecule has 0 spiro atoms. The zero-order valence-electron chi connectivity index (χ0n) is 20.8. The van der Waals surface area contributed by atoms with Crippen molar-refractivity contribution < 1.29 is 28.2 Å². The topological polar surface area (TPSA) is 172 Å². The van der Waals surface area contributed by atoms with Crippen LogP contribution in [0.4, 0.5) is 5.69 Å². The van der Waals surface area contributed by atoms with E-state index in [9.17, 15) is 28.2 Å². The highest BCUT2D eigenvalue weighted by Crippen LogP contribution is 2.32. The predicted octanol–water partition coefficient (Wildman–Crippen LogP) is 0.0758. The number of anilines is 1. The Balaban J connectivity index is 1.40. The summed E-state index contributed by atoms with van der Waals surface area (Å²) < 4.78 is 27.2. The predicted molar refractivity (Wildman–Crippen MR) is 141 cm³/mol. The van der Waals surface area contributed by atoms with Crippen molar-refractivity contribution in [2.24, 2.45) is 4.99 Å². The summed E-state index contributed by atoms with van der Waals surface area (Å²) in [5.41, 5.74) is -0.295. The number of carboxylic acids is 1. The fourth-order valence-corrected chi connectivity index (χ4v) is 5.65. The number of hydrogen-bond donors (Lipinski definition) is 6. The van der Waals surface area contributed by atoms with Crippen molar-refractivity contribution in [1.82, 2.24) is 20.7 Å². The Bertz CT molecular complexity index is 1290. The number of hydrogen-bond acceptors (Lipinski definition) is 9. The van der Waals surface area contributed by atoms with Crippen molar-refractivity contribution in [3.05, 3.63) is 60.2 Å². The van der Waals surface area contributed by atoms with E-state index in [2.05, 4.69) is 25.7 Å². The van der Waals surface area contributed by atoms with E-state index in [1.165, 1.54) is 24.3 Å². The van der Waals surface area contributed by atoms with Crippen LogP contribution in [-0.4, -0.2) is 81.0 Å². The summed E-state index contributed by atoms with van der Waals surface area (Å²) in [6.45, 7) is 1.92. The molecule has 0 unspecified atom stereocenters. The average molecular weight is 545 g/mol. The van der Waals surface area contributed by atoms with E-state index in [4.69, 9.17) is 0 Å². The van der Waals surface area contributed by atoms with Gasteiger partial charge in [0.05, 0.1) is 11.4 Å². The third-order valence-electron chi connectivity index (χ3n) is 6.43. The van der Waals surface area contributed by atoms with Crippen LogP contribution in [0.25, 0.3) is 0 Å². The van der Waals surface area contributed by atoms with Gasteiger partial charge in [-0.05, 0) is 49.6 Å². The van der Waals surface area contributed by atoms with E-state index in [0.717, 1.165) is 25.9 Å². The summed E-state index contributed by atoms with van der Waals surface area (Å²) in [7, 11) is -4.10. The molecular weight excluding hydrogens is 512 g/mol. The quantitative estimate of drug-likeness (QED) is 0.242. The molecule has 12 nitrogen and oxygen atoms in total. The van der Waals surface area contributed by atoms with E-state index in [-0.39, 0.29) is 17.0 Å². The highest BCUT2D eigenvalue weighted by molar-refractivity contribution is 7.89. The lowest BCUT2D eigenvalue weighted by molar-refractivity contribution is -0.138. The third-order valence-corrected chi connectivity index (χ3v) is 7.92. The highest BCUT2D eigenvalue weighted by Gasteiger charge is 2.39.